The van der Waals surface area contributed by atoms with E-state index in [1.54, 1.807) is 6.92 Å². The van der Waals surface area contributed by atoms with Crippen molar-refractivity contribution < 1.29 is 33.5 Å². The van der Waals surface area contributed by atoms with E-state index in [2.05, 4.69) is 31.2 Å². The fourth-order valence-electron chi connectivity index (χ4n) is 6.71. The fraction of sp³-hybridized carbons (Fsp3) is 0.714. The summed E-state index contributed by atoms with van der Waals surface area (Å²) in [5.41, 5.74) is -0.706. The van der Waals surface area contributed by atoms with Gasteiger partial charge in [-0.2, -0.15) is 0 Å². The quantitative estimate of drug-likeness (QED) is 0.200. The third-order valence-corrected chi connectivity index (χ3v) is 9.51. The van der Waals surface area contributed by atoms with Gasteiger partial charge in [-0.15, -0.1) is 0 Å². The third kappa shape index (κ3) is 10.1. The number of amides is 5. The van der Waals surface area contributed by atoms with Crippen LogP contribution in [0.5, 0.6) is 0 Å². The number of hydrogen-bond acceptors (Lipinski definition) is 9. The maximum atomic E-state index is 14.5. The van der Waals surface area contributed by atoms with Crippen molar-refractivity contribution in [2.24, 2.45) is 11.3 Å². The summed E-state index contributed by atoms with van der Waals surface area (Å²) in [6.45, 7) is 9.60. The van der Waals surface area contributed by atoms with Crippen molar-refractivity contribution in [1.29, 1.82) is 0 Å². The van der Waals surface area contributed by atoms with Crippen LogP contribution in [-0.4, -0.2) is 99.7 Å². The van der Waals surface area contributed by atoms with Gasteiger partial charge in [0.25, 0.3) is 11.8 Å². The summed E-state index contributed by atoms with van der Waals surface area (Å²) in [6, 6.07) is -4.12. The van der Waals surface area contributed by atoms with Gasteiger partial charge in [-0.05, 0) is 56.8 Å². The number of Topliss-reactive ketones (excluding diaryl/α,β-unsaturated/α-hetero) is 1. The number of nitrogens with zero attached hydrogens (tertiary/aromatic N) is 3. The van der Waals surface area contributed by atoms with Crippen LogP contribution < -0.4 is 21.3 Å². The van der Waals surface area contributed by atoms with E-state index >= 15 is 0 Å². The summed E-state index contributed by atoms with van der Waals surface area (Å²) in [4.78, 5) is 90.8. The SMILES string of the molecule is CCC[C@H](NC(=O)[C@H]1[C@H](OCC)CCN1C(=O)[C@@H](NC(=O)[C@@H](NC(=O)c1cnccn1)C1CCCCC1)C(C)(C)C)C(=O)C(=O)NC1CC1. The van der Waals surface area contributed by atoms with Crippen molar-refractivity contribution >= 4 is 35.3 Å². The molecule has 0 spiro atoms. The number of ketones is 1. The third-order valence-electron chi connectivity index (χ3n) is 9.51. The van der Waals surface area contributed by atoms with E-state index in [0.29, 0.717) is 19.4 Å². The highest BCUT2D eigenvalue weighted by molar-refractivity contribution is 6.38. The predicted molar refractivity (Wildman–Crippen MR) is 180 cm³/mol. The number of carbonyl (C=O) groups excluding carboxylic acids is 6. The summed E-state index contributed by atoms with van der Waals surface area (Å²) in [6.07, 6.45) is 10.7. The van der Waals surface area contributed by atoms with E-state index in [1.807, 2.05) is 27.7 Å². The lowest BCUT2D eigenvalue weighted by Gasteiger charge is -2.38. The fourth-order valence-corrected chi connectivity index (χ4v) is 6.71. The van der Waals surface area contributed by atoms with Gasteiger partial charge in [-0.1, -0.05) is 53.4 Å². The molecule has 3 aliphatic rings. The molecule has 2 aliphatic carbocycles. The Morgan fingerprint density at radius 2 is 1.65 bits per heavy atom. The lowest BCUT2D eigenvalue weighted by molar-refractivity contribution is -0.147. The Morgan fingerprint density at radius 3 is 2.24 bits per heavy atom. The summed E-state index contributed by atoms with van der Waals surface area (Å²) < 4.78 is 5.91. The van der Waals surface area contributed by atoms with Crippen LogP contribution in [0, 0.1) is 11.3 Å². The molecule has 3 fully saturated rings. The lowest BCUT2D eigenvalue weighted by atomic mass is 9.82. The Kier molecular flexibility index (Phi) is 13.2. The molecule has 4 N–H and O–H groups in total. The molecule has 2 heterocycles. The Morgan fingerprint density at radius 1 is 0.939 bits per heavy atom. The number of nitrogens with one attached hydrogen (secondary N) is 4. The minimum Gasteiger partial charge on any atom is -0.376 e. The Balaban J connectivity index is 1.55. The van der Waals surface area contributed by atoms with Gasteiger partial charge in [-0.3, -0.25) is 33.8 Å². The number of ether oxygens (including phenoxy) is 1. The van der Waals surface area contributed by atoms with Gasteiger partial charge >= 0.3 is 0 Å². The summed E-state index contributed by atoms with van der Waals surface area (Å²) in [5.74, 6) is -3.67. The van der Waals surface area contributed by atoms with Crippen LogP contribution in [0.15, 0.2) is 18.6 Å². The van der Waals surface area contributed by atoms with Crippen molar-refractivity contribution in [2.45, 2.75) is 135 Å². The molecule has 2 saturated carbocycles. The number of likely N-dealkylation sites (tertiary alicyclic amines) is 1. The average molecular weight is 684 g/mol. The summed E-state index contributed by atoms with van der Waals surface area (Å²) in [5, 5.41) is 11.3. The van der Waals surface area contributed by atoms with Crippen LogP contribution in [0.2, 0.25) is 0 Å². The van der Waals surface area contributed by atoms with Gasteiger partial charge in [0.05, 0.1) is 18.3 Å². The maximum Gasteiger partial charge on any atom is 0.289 e. The van der Waals surface area contributed by atoms with E-state index in [9.17, 15) is 28.8 Å². The molecule has 5 amide bonds. The first kappa shape index (κ1) is 37.9. The largest absolute Gasteiger partial charge is 0.376 e. The molecule has 0 radical (unpaired) electrons. The highest BCUT2D eigenvalue weighted by atomic mass is 16.5. The highest BCUT2D eigenvalue weighted by Crippen LogP contribution is 2.30. The molecule has 1 saturated heterocycles. The van der Waals surface area contributed by atoms with Crippen LogP contribution in [-0.2, 0) is 28.7 Å². The first-order valence-corrected chi connectivity index (χ1v) is 17.8. The molecule has 1 aromatic heterocycles. The summed E-state index contributed by atoms with van der Waals surface area (Å²) >= 11 is 0. The van der Waals surface area contributed by atoms with E-state index < -0.39 is 71.0 Å². The Bertz CT molecular complexity index is 1340. The zero-order valence-electron chi connectivity index (χ0n) is 29.5. The molecule has 5 atom stereocenters. The van der Waals surface area contributed by atoms with Crippen LogP contribution in [0.3, 0.4) is 0 Å². The van der Waals surface area contributed by atoms with Crippen molar-refractivity contribution in [3.05, 3.63) is 24.3 Å². The predicted octanol–water partition coefficient (Wildman–Crippen LogP) is 1.82. The van der Waals surface area contributed by atoms with Gasteiger partial charge in [0.2, 0.25) is 23.5 Å². The molecule has 14 heteroatoms. The average Bonchev–Trinajstić information content (AvgIpc) is 3.80. The van der Waals surface area contributed by atoms with Crippen LogP contribution in [0.4, 0.5) is 0 Å². The Labute approximate surface area is 288 Å². The van der Waals surface area contributed by atoms with Gasteiger partial charge in [-0.25, -0.2) is 4.98 Å². The second-order valence-corrected chi connectivity index (χ2v) is 14.5. The topological polar surface area (TPSA) is 189 Å². The standard InChI is InChI=1S/C35H53N7O7/c1-6-11-23(28(43)33(47)38-22-14-15-22)39-32(46)27-25(49-7-2)16-19-42(27)34(48)29(35(3,4)5)41-31(45)26(21-12-9-8-10-13-21)40-30(44)24-20-36-17-18-37-24/h17-18,20-23,25-27,29H,6-16,19H2,1-5H3,(H,38,47)(H,39,46)(H,40,44)(H,41,45)/t23-,25+,26-,27+,29+/m0/s1. The van der Waals surface area contributed by atoms with Gasteiger partial charge in [0.15, 0.2) is 0 Å². The zero-order chi connectivity index (χ0) is 35.7. The van der Waals surface area contributed by atoms with Crippen LogP contribution in [0.1, 0.15) is 109 Å². The van der Waals surface area contributed by atoms with Gasteiger partial charge in [0.1, 0.15) is 23.8 Å². The molecule has 14 nitrogen and oxygen atoms in total. The lowest BCUT2D eigenvalue weighted by Crippen LogP contribution is -2.63. The first-order chi connectivity index (χ1) is 23.3. The molecule has 49 heavy (non-hydrogen) atoms. The molecule has 0 unspecified atom stereocenters. The minimum atomic E-state index is -1.08. The van der Waals surface area contributed by atoms with E-state index in [1.165, 1.54) is 23.5 Å². The maximum absolute atomic E-state index is 14.5. The van der Waals surface area contributed by atoms with Crippen molar-refractivity contribution in [3.63, 3.8) is 0 Å². The first-order valence-electron chi connectivity index (χ1n) is 17.8. The monoisotopic (exact) mass is 683 g/mol. The molecular weight excluding hydrogens is 630 g/mol. The van der Waals surface area contributed by atoms with Crippen molar-refractivity contribution in [2.75, 3.05) is 13.2 Å². The zero-order valence-corrected chi connectivity index (χ0v) is 29.5. The van der Waals surface area contributed by atoms with Gasteiger partial charge < -0.3 is 30.9 Å². The number of aromatic nitrogens is 2. The second-order valence-electron chi connectivity index (χ2n) is 14.5. The second kappa shape index (κ2) is 17.1. The van der Waals surface area contributed by atoms with E-state index in [-0.39, 0.29) is 30.6 Å². The normalized spacial score (nSPS) is 21.6. The van der Waals surface area contributed by atoms with Crippen molar-refractivity contribution in [3.8, 4) is 0 Å². The molecule has 0 aromatic carbocycles. The van der Waals surface area contributed by atoms with Gasteiger partial charge in [0, 0.05) is 31.6 Å². The molecule has 1 aliphatic heterocycles. The summed E-state index contributed by atoms with van der Waals surface area (Å²) in [7, 11) is 0. The molecule has 1 aromatic rings. The molecule has 270 valence electrons. The number of carbonyl (C=O) groups is 6. The Hall–Kier alpha value is -3.94. The number of rotatable bonds is 15. The highest BCUT2D eigenvalue weighted by Gasteiger charge is 2.48. The van der Waals surface area contributed by atoms with E-state index in [0.717, 1.165) is 44.9 Å². The smallest absolute Gasteiger partial charge is 0.289 e. The minimum absolute atomic E-state index is 0.0118. The van der Waals surface area contributed by atoms with Crippen LogP contribution >= 0.6 is 0 Å². The number of hydrogen-bond donors (Lipinski definition) is 4. The molecular formula is C35H53N7O7. The molecule has 4 rings (SSSR count). The van der Waals surface area contributed by atoms with E-state index in [4.69, 9.17) is 4.74 Å². The molecule has 0 bridgehead atoms. The van der Waals surface area contributed by atoms with Crippen LogP contribution in [0.25, 0.3) is 0 Å². The van der Waals surface area contributed by atoms with Crippen molar-refractivity contribution in [1.82, 2.24) is 36.1 Å².